The lowest BCUT2D eigenvalue weighted by Gasteiger charge is -2.03. The summed E-state index contributed by atoms with van der Waals surface area (Å²) in [7, 11) is 0. The fourth-order valence-electron chi connectivity index (χ4n) is 1.97. The number of aryl methyl sites for hydroxylation is 2. The molecule has 0 saturated heterocycles. The maximum absolute atomic E-state index is 5.57. The minimum atomic E-state index is 0.465. The Morgan fingerprint density at radius 2 is 2.17 bits per heavy atom. The van der Waals surface area contributed by atoms with E-state index in [2.05, 4.69) is 42.1 Å². The van der Waals surface area contributed by atoms with E-state index in [1.807, 2.05) is 10.7 Å². The number of fused-ring (bicyclic) bond motifs is 1. The molecule has 92 valence electrons. The molecule has 0 bridgehead atoms. The Hall–Kier alpha value is -1.72. The fourth-order valence-corrected chi connectivity index (χ4v) is 2.72. The van der Waals surface area contributed by atoms with Crippen LogP contribution in [0.15, 0.2) is 24.4 Å². The monoisotopic (exact) mass is 258 g/mol. The third-order valence-electron chi connectivity index (χ3n) is 2.93. The molecule has 1 aromatic carbocycles. The molecule has 2 N–H and O–H groups in total. The van der Waals surface area contributed by atoms with Crippen molar-refractivity contribution in [1.29, 1.82) is 0 Å². The van der Waals surface area contributed by atoms with Crippen molar-refractivity contribution >= 4 is 16.3 Å². The van der Waals surface area contributed by atoms with E-state index in [1.165, 1.54) is 28.0 Å². The van der Waals surface area contributed by atoms with Crippen molar-refractivity contribution in [1.82, 2.24) is 14.6 Å². The SMILES string of the molecule is Cc1ccc(C)c(-c2cn3nc(CN)sc3n2)c1. The van der Waals surface area contributed by atoms with Crippen LogP contribution in [0.25, 0.3) is 16.2 Å². The van der Waals surface area contributed by atoms with Gasteiger partial charge < -0.3 is 5.73 Å². The number of hydrogen-bond acceptors (Lipinski definition) is 4. The highest BCUT2D eigenvalue weighted by atomic mass is 32.1. The number of imidazole rings is 1. The number of nitrogens with zero attached hydrogens (tertiary/aromatic N) is 3. The zero-order valence-electron chi connectivity index (χ0n) is 10.3. The molecule has 0 saturated carbocycles. The minimum Gasteiger partial charge on any atom is -0.324 e. The molecule has 0 aliphatic rings. The van der Waals surface area contributed by atoms with E-state index in [4.69, 9.17) is 5.73 Å². The summed E-state index contributed by atoms with van der Waals surface area (Å²) in [6, 6.07) is 6.39. The van der Waals surface area contributed by atoms with Gasteiger partial charge in [0, 0.05) is 12.1 Å². The van der Waals surface area contributed by atoms with E-state index in [0.717, 1.165) is 15.7 Å². The average molecular weight is 258 g/mol. The van der Waals surface area contributed by atoms with Crippen molar-refractivity contribution in [3.05, 3.63) is 40.5 Å². The third kappa shape index (κ3) is 1.81. The lowest BCUT2D eigenvalue weighted by Crippen LogP contribution is -1.95. The molecule has 0 spiro atoms. The first-order valence-corrected chi connectivity index (χ1v) is 6.62. The van der Waals surface area contributed by atoms with Crippen LogP contribution in [0.4, 0.5) is 0 Å². The maximum atomic E-state index is 5.57. The summed E-state index contributed by atoms with van der Waals surface area (Å²) in [6.07, 6.45) is 1.97. The van der Waals surface area contributed by atoms with Crippen molar-refractivity contribution in [2.24, 2.45) is 5.73 Å². The van der Waals surface area contributed by atoms with Gasteiger partial charge in [0.25, 0.3) is 0 Å². The van der Waals surface area contributed by atoms with E-state index in [1.54, 1.807) is 0 Å². The van der Waals surface area contributed by atoms with Crippen LogP contribution in [0.1, 0.15) is 16.1 Å². The van der Waals surface area contributed by atoms with Gasteiger partial charge in [-0.05, 0) is 25.5 Å². The van der Waals surface area contributed by atoms with Gasteiger partial charge in [0.2, 0.25) is 4.96 Å². The molecule has 2 heterocycles. The van der Waals surface area contributed by atoms with Crippen molar-refractivity contribution in [2.75, 3.05) is 0 Å². The maximum Gasteiger partial charge on any atom is 0.212 e. The first-order chi connectivity index (χ1) is 8.67. The van der Waals surface area contributed by atoms with Crippen LogP contribution < -0.4 is 5.73 Å². The summed E-state index contributed by atoms with van der Waals surface area (Å²) in [5, 5.41) is 5.28. The number of hydrogen-bond donors (Lipinski definition) is 1. The lowest BCUT2D eigenvalue weighted by atomic mass is 10.0. The summed E-state index contributed by atoms with van der Waals surface area (Å²) in [5.41, 5.74) is 10.2. The predicted molar refractivity (Wildman–Crippen MR) is 73.7 cm³/mol. The Kier molecular flexibility index (Phi) is 2.65. The molecule has 0 aliphatic carbocycles. The van der Waals surface area contributed by atoms with Gasteiger partial charge in [0.15, 0.2) is 0 Å². The summed E-state index contributed by atoms with van der Waals surface area (Å²) in [6.45, 7) is 4.65. The molecule has 0 unspecified atom stereocenters. The molecule has 0 fully saturated rings. The van der Waals surface area contributed by atoms with Gasteiger partial charge in [-0.15, -0.1) is 0 Å². The third-order valence-corrected chi connectivity index (χ3v) is 3.87. The second-order valence-electron chi connectivity index (χ2n) is 4.37. The molecule has 5 heteroatoms. The van der Waals surface area contributed by atoms with Crippen molar-refractivity contribution in [3.8, 4) is 11.3 Å². The van der Waals surface area contributed by atoms with Crippen LogP contribution >= 0.6 is 11.3 Å². The normalized spacial score (nSPS) is 11.3. The smallest absolute Gasteiger partial charge is 0.212 e. The van der Waals surface area contributed by atoms with Gasteiger partial charge in [0.05, 0.1) is 11.9 Å². The van der Waals surface area contributed by atoms with E-state index >= 15 is 0 Å². The number of benzene rings is 1. The zero-order valence-corrected chi connectivity index (χ0v) is 11.2. The first kappa shape index (κ1) is 11.4. The Morgan fingerprint density at radius 1 is 1.33 bits per heavy atom. The summed E-state index contributed by atoms with van der Waals surface area (Å²) >= 11 is 1.54. The molecule has 2 aromatic heterocycles. The second kappa shape index (κ2) is 4.19. The molecule has 0 amide bonds. The van der Waals surface area contributed by atoms with Gasteiger partial charge in [0.1, 0.15) is 5.01 Å². The van der Waals surface area contributed by atoms with Crippen LogP contribution in [0.3, 0.4) is 0 Å². The lowest BCUT2D eigenvalue weighted by molar-refractivity contribution is 0.897. The van der Waals surface area contributed by atoms with Crippen LogP contribution in [0.5, 0.6) is 0 Å². The summed E-state index contributed by atoms with van der Waals surface area (Å²) in [4.78, 5) is 5.51. The fraction of sp³-hybridized carbons (Fsp3) is 0.231. The highest BCUT2D eigenvalue weighted by molar-refractivity contribution is 7.16. The number of nitrogens with two attached hydrogens (primary N) is 1. The van der Waals surface area contributed by atoms with Gasteiger partial charge in [-0.3, -0.25) is 0 Å². The average Bonchev–Trinajstić information content (AvgIpc) is 2.89. The second-order valence-corrected chi connectivity index (χ2v) is 5.41. The van der Waals surface area contributed by atoms with Crippen molar-refractivity contribution in [2.45, 2.75) is 20.4 Å². The number of rotatable bonds is 2. The van der Waals surface area contributed by atoms with Crippen LogP contribution in [0.2, 0.25) is 0 Å². The summed E-state index contributed by atoms with van der Waals surface area (Å²) in [5.74, 6) is 0. The zero-order chi connectivity index (χ0) is 12.7. The van der Waals surface area contributed by atoms with Crippen molar-refractivity contribution in [3.63, 3.8) is 0 Å². The van der Waals surface area contributed by atoms with Crippen LogP contribution in [-0.4, -0.2) is 14.6 Å². The van der Waals surface area contributed by atoms with Gasteiger partial charge in [-0.25, -0.2) is 9.50 Å². The van der Waals surface area contributed by atoms with E-state index in [-0.39, 0.29) is 0 Å². The highest BCUT2D eigenvalue weighted by Crippen LogP contribution is 2.25. The Balaban J connectivity index is 2.13. The molecule has 4 nitrogen and oxygen atoms in total. The Labute approximate surface area is 109 Å². The minimum absolute atomic E-state index is 0.465. The first-order valence-electron chi connectivity index (χ1n) is 5.80. The summed E-state index contributed by atoms with van der Waals surface area (Å²) < 4.78 is 1.81. The number of aromatic nitrogens is 3. The molecular weight excluding hydrogens is 244 g/mol. The molecule has 0 aliphatic heterocycles. The standard InChI is InChI=1S/C13H14N4S/c1-8-3-4-9(2)10(5-8)11-7-17-13(15-11)18-12(6-14)16-17/h3-5,7H,6,14H2,1-2H3. The van der Waals surface area contributed by atoms with E-state index in [9.17, 15) is 0 Å². The van der Waals surface area contributed by atoms with Crippen LogP contribution in [-0.2, 0) is 6.54 Å². The van der Waals surface area contributed by atoms with Gasteiger partial charge >= 0.3 is 0 Å². The molecule has 0 radical (unpaired) electrons. The quantitative estimate of drug-likeness (QED) is 0.768. The van der Waals surface area contributed by atoms with Gasteiger partial charge in [-0.2, -0.15) is 5.10 Å². The van der Waals surface area contributed by atoms with E-state index in [0.29, 0.717) is 6.54 Å². The molecule has 3 rings (SSSR count). The Morgan fingerprint density at radius 3 is 2.89 bits per heavy atom. The molecule has 18 heavy (non-hydrogen) atoms. The topological polar surface area (TPSA) is 56.2 Å². The predicted octanol–water partition coefficient (Wildman–Crippen LogP) is 2.53. The Bertz CT molecular complexity index is 679. The highest BCUT2D eigenvalue weighted by Gasteiger charge is 2.10. The van der Waals surface area contributed by atoms with Gasteiger partial charge in [-0.1, -0.05) is 29.0 Å². The molecular formula is C13H14N4S. The van der Waals surface area contributed by atoms with E-state index < -0.39 is 0 Å². The molecule has 3 aromatic rings. The molecule has 0 atom stereocenters. The van der Waals surface area contributed by atoms with Crippen molar-refractivity contribution < 1.29 is 0 Å². The van der Waals surface area contributed by atoms with Crippen LogP contribution in [0, 0.1) is 13.8 Å². The largest absolute Gasteiger partial charge is 0.324 e.